The van der Waals surface area contributed by atoms with E-state index in [1.807, 2.05) is 6.92 Å². The Morgan fingerprint density at radius 1 is 0.870 bits per heavy atom. The summed E-state index contributed by atoms with van der Waals surface area (Å²) in [5.74, 6) is -0.249. The fourth-order valence-corrected chi connectivity index (χ4v) is 4.66. The minimum atomic E-state index is -2.25. The van der Waals surface area contributed by atoms with Gasteiger partial charge in [-0.25, -0.2) is 0 Å². The molecule has 0 aliphatic rings. The van der Waals surface area contributed by atoms with Crippen LogP contribution in [0.1, 0.15) is 64.7 Å². The zero-order valence-corrected chi connectivity index (χ0v) is 15.6. The van der Waals surface area contributed by atoms with Crippen LogP contribution in [0.3, 0.4) is 0 Å². The van der Waals surface area contributed by atoms with Crippen LogP contribution in [0, 0.1) is 0 Å². The molecule has 23 heavy (non-hydrogen) atoms. The second-order valence-electron chi connectivity index (χ2n) is 6.07. The number of carbonyl (C=O) groups excluding carboxylic acids is 1. The van der Waals surface area contributed by atoms with E-state index in [0.29, 0.717) is 25.1 Å². The molecule has 0 aromatic heterocycles. The number of rotatable bonds is 16. The molecule has 0 aromatic carbocycles. The molecule has 0 rings (SSSR count). The third-order valence-corrected chi connectivity index (χ3v) is 7.41. The zero-order valence-electron chi connectivity index (χ0n) is 14.7. The monoisotopic (exact) mass is 350 g/mol. The van der Waals surface area contributed by atoms with Crippen LogP contribution in [0.2, 0.25) is 0 Å². The Balaban J connectivity index is 3.77. The van der Waals surface area contributed by atoms with Gasteiger partial charge in [-0.05, 0) is 38.3 Å². The summed E-state index contributed by atoms with van der Waals surface area (Å²) in [6.07, 6.45) is 9.24. The van der Waals surface area contributed by atoms with Gasteiger partial charge in [0.2, 0.25) is 0 Å². The molecule has 2 N–H and O–H groups in total. The van der Waals surface area contributed by atoms with Crippen LogP contribution in [-0.2, 0) is 14.1 Å². The molecule has 0 bridgehead atoms. The number of carbonyl (C=O) groups is 1. The molecule has 5 nitrogen and oxygen atoms in total. The maximum absolute atomic E-state index is 12.7. The summed E-state index contributed by atoms with van der Waals surface area (Å²) < 4.78 is 17.9. The van der Waals surface area contributed by atoms with E-state index in [1.165, 1.54) is 0 Å². The van der Waals surface area contributed by atoms with Gasteiger partial charge in [0, 0.05) is 25.5 Å². The molecule has 0 spiro atoms. The lowest BCUT2D eigenvalue weighted by atomic mass is 10.2. The highest BCUT2D eigenvalue weighted by molar-refractivity contribution is 7.63. The van der Waals surface area contributed by atoms with Gasteiger partial charge in [0.15, 0.2) is 0 Å². The molecule has 0 aliphatic heterocycles. The van der Waals surface area contributed by atoms with Gasteiger partial charge in [-0.15, -0.1) is 0 Å². The zero-order chi connectivity index (χ0) is 17.4. The van der Waals surface area contributed by atoms with Gasteiger partial charge < -0.3 is 19.5 Å². The van der Waals surface area contributed by atoms with Crippen molar-refractivity contribution in [2.45, 2.75) is 64.7 Å². The number of esters is 1. The van der Waals surface area contributed by atoms with Crippen molar-refractivity contribution in [1.29, 1.82) is 0 Å². The summed E-state index contributed by atoms with van der Waals surface area (Å²) in [6, 6.07) is 0. The molecule has 138 valence electrons. The highest BCUT2D eigenvalue weighted by atomic mass is 31.2. The molecule has 6 heteroatoms. The highest BCUT2D eigenvalue weighted by Crippen LogP contribution is 2.46. The van der Waals surface area contributed by atoms with Gasteiger partial charge in [-0.1, -0.05) is 26.2 Å². The Hall–Kier alpha value is -0.380. The predicted octanol–water partition coefficient (Wildman–Crippen LogP) is 3.41. The minimum absolute atomic E-state index is 0.214. The Morgan fingerprint density at radius 3 is 2.00 bits per heavy atom. The quantitative estimate of drug-likeness (QED) is 0.253. The van der Waals surface area contributed by atoms with Crippen LogP contribution in [0.15, 0.2) is 0 Å². The molecule has 0 aliphatic carbocycles. The van der Waals surface area contributed by atoms with Crippen LogP contribution >= 0.6 is 7.14 Å². The van der Waals surface area contributed by atoms with Gasteiger partial charge in [-0.2, -0.15) is 0 Å². The van der Waals surface area contributed by atoms with E-state index in [0.717, 1.165) is 51.4 Å². The summed E-state index contributed by atoms with van der Waals surface area (Å²) in [7, 11) is -2.25. The molecule has 0 amide bonds. The van der Waals surface area contributed by atoms with E-state index < -0.39 is 7.14 Å². The maximum Gasteiger partial charge on any atom is 0.306 e. The molecule has 0 saturated carbocycles. The van der Waals surface area contributed by atoms with Crippen LogP contribution < -0.4 is 0 Å². The minimum Gasteiger partial charge on any atom is -0.466 e. The second kappa shape index (κ2) is 15.2. The SMILES string of the molecule is CCP(=O)(CCCCCCO)CCC(=O)OCCCCCCO. The van der Waals surface area contributed by atoms with Gasteiger partial charge in [0.1, 0.15) is 0 Å². The van der Waals surface area contributed by atoms with E-state index >= 15 is 0 Å². The number of aliphatic hydroxyl groups excluding tert-OH is 2. The van der Waals surface area contributed by atoms with Gasteiger partial charge in [0.25, 0.3) is 0 Å². The molecule has 0 saturated heterocycles. The van der Waals surface area contributed by atoms with Crippen LogP contribution in [0.4, 0.5) is 0 Å². The van der Waals surface area contributed by atoms with Gasteiger partial charge >= 0.3 is 5.97 Å². The average molecular weight is 350 g/mol. The van der Waals surface area contributed by atoms with E-state index in [-0.39, 0.29) is 25.6 Å². The first-order valence-electron chi connectivity index (χ1n) is 9.02. The van der Waals surface area contributed by atoms with Crippen molar-refractivity contribution in [3.63, 3.8) is 0 Å². The van der Waals surface area contributed by atoms with Crippen molar-refractivity contribution in [3.8, 4) is 0 Å². The first kappa shape index (κ1) is 22.6. The van der Waals surface area contributed by atoms with E-state index in [2.05, 4.69) is 0 Å². The summed E-state index contributed by atoms with van der Waals surface area (Å²) in [6.45, 7) is 2.78. The number of hydrogen-bond donors (Lipinski definition) is 2. The van der Waals surface area contributed by atoms with E-state index in [1.54, 1.807) is 0 Å². The fraction of sp³-hybridized carbons (Fsp3) is 0.941. The molecule has 0 radical (unpaired) electrons. The second-order valence-corrected chi connectivity index (χ2v) is 9.71. The van der Waals surface area contributed by atoms with Crippen molar-refractivity contribution in [2.24, 2.45) is 0 Å². The van der Waals surface area contributed by atoms with Gasteiger partial charge in [-0.3, -0.25) is 4.79 Å². The van der Waals surface area contributed by atoms with Crippen LogP contribution in [-0.4, -0.2) is 54.5 Å². The Kier molecular flexibility index (Phi) is 14.9. The number of aliphatic hydroxyl groups is 2. The average Bonchev–Trinajstić information content (AvgIpc) is 2.56. The molecular weight excluding hydrogens is 315 g/mol. The summed E-state index contributed by atoms with van der Waals surface area (Å²) in [4.78, 5) is 11.7. The van der Waals surface area contributed by atoms with Crippen LogP contribution in [0.25, 0.3) is 0 Å². The highest BCUT2D eigenvalue weighted by Gasteiger charge is 2.20. The first-order chi connectivity index (χ1) is 11.1. The molecule has 1 atom stereocenters. The summed E-state index contributed by atoms with van der Waals surface area (Å²) in [5, 5.41) is 17.4. The number of unbranched alkanes of at least 4 members (excludes halogenated alkanes) is 6. The van der Waals surface area contributed by atoms with Gasteiger partial charge in [0.05, 0.1) is 20.2 Å². The molecule has 0 heterocycles. The van der Waals surface area contributed by atoms with Crippen molar-refractivity contribution < 1.29 is 24.3 Å². The normalized spacial score (nSPS) is 13.7. The lowest BCUT2D eigenvalue weighted by Crippen LogP contribution is -2.10. The maximum atomic E-state index is 12.7. The summed E-state index contributed by atoms with van der Waals surface area (Å²) in [5.41, 5.74) is 0. The fourth-order valence-electron chi connectivity index (χ4n) is 2.41. The van der Waals surface area contributed by atoms with Crippen molar-refractivity contribution in [2.75, 3.05) is 38.3 Å². The Bertz CT molecular complexity index is 333. The van der Waals surface area contributed by atoms with Crippen molar-refractivity contribution in [1.82, 2.24) is 0 Å². The summed E-state index contributed by atoms with van der Waals surface area (Å²) >= 11 is 0. The van der Waals surface area contributed by atoms with Crippen molar-refractivity contribution in [3.05, 3.63) is 0 Å². The third-order valence-electron chi connectivity index (χ3n) is 4.09. The lowest BCUT2D eigenvalue weighted by molar-refractivity contribution is -0.143. The Labute approximate surface area is 141 Å². The largest absolute Gasteiger partial charge is 0.466 e. The number of hydrogen-bond acceptors (Lipinski definition) is 5. The molecule has 0 fully saturated rings. The Morgan fingerprint density at radius 2 is 1.43 bits per heavy atom. The topological polar surface area (TPSA) is 83.8 Å². The molecule has 0 aromatic rings. The number of ether oxygens (including phenoxy) is 1. The smallest absolute Gasteiger partial charge is 0.306 e. The predicted molar refractivity (Wildman–Crippen MR) is 94.6 cm³/mol. The standard InChI is InChI=1S/C17H35O5P/c1-2-23(21,15-10-6-4-8-13-19)16-11-17(20)22-14-9-5-3-7-12-18/h18-19H,2-16H2,1H3. The third kappa shape index (κ3) is 13.7. The van der Waals surface area contributed by atoms with E-state index in [4.69, 9.17) is 14.9 Å². The van der Waals surface area contributed by atoms with Crippen LogP contribution in [0.5, 0.6) is 0 Å². The first-order valence-corrected chi connectivity index (χ1v) is 11.3. The van der Waals surface area contributed by atoms with E-state index in [9.17, 15) is 9.36 Å². The molecular formula is C17H35O5P. The molecule has 1 unspecified atom stereocenters. The van der Waals surface area contributed by atoms with Crippen molar-refractivity contribution >= 4 is 13.1 Å². The lowest BCUT2D eigenvalue weighted by Gasteiger charge is -2.16.